The number of carbonyl (C=O) groups is 1. The van der Waals surface area contributed by atoms with Crippen LogP contribution in [0.1, 0.15) is 18.4 Å². The number of benzene rings is 1. The Bertz CT molecular complexity index is 979. The van der Waals surface area contributed by atoms with E-state index in [1.807, 2.05) is 29.2 Å². The van der Waals surface area contributed by atoms with Gasteiger partial charge in [-0.15, -0.1) is 0 Å². The van der Waals surface area contributed by atoms with Crippen molar-refractivity contribution in [3.8, 4) is 5.75 Å². The molecule has 1 N–H and O–H groups in total. The molecule has 1 atom stereocenters. The van der Waals surface area contributed by atoms with Crippen molar-refractivity contribution >= 4 is 11.7 Å². The molecule has 1 fully saturated rings. The fraction of sp³-hybridized carbons (Fsp3) is 0.450. The molecule has 0 spiro atoms. The van der Waals surface area contributed by atoms with Gasteiger partial charge in [-0.25, -0.2) is 4.79 Å². The van der Waals surface area contributed by atoms with E-state index in [4.69, 9.17) is 4.74 Å². The molecular formula is C20H26N4O4. The first-order valence-corrected chi connectivity index (χ1v) is 9.33. The summed E-state index contributed by atoms with van der Waals surface area (Å²) in [7, 11) is 4.71. The Kier molecular flexibility index (Phi) is 5.87. The highest BCUT2D eigenvalue weighted by Gasteiger charge is 2.27. The number of rotatable bonds is 5. The van der Waals surface area contributed by atoms with Crippen molar-refractivity contribution in [2.75, 3.05) is 25.1 Å². The molecular weight excluding hydrogens is 360 g/mol. The molecule has 150 valence electrons. The molecule has 1 amide bonds. The zero-order valence-electron chi connectivity index (χ0n) is 16.5. The van der Waals surface area contributed by atoms with Crippen LogP contribution < -0.4 is 26.2 Å². The van der Waals surface area contributed by atoms with E-state index in [0.29, 0.717) is 25.5 Å². The van der Waals surface area contributed by atoms with Crippen LogP contribution in [-0.4, -0.2) is 35.2 Å². The number of piperidine rings is 1. The molecule has 3 rings (SSSR count). The molecule has 1 unspecified atom stereocenters. The van der Waals surface area contributed by atoms with Crippen molar-refractivity contribution < 1.29 is 9.53 Å². The van der Waals surface area contributed by atoms with E-state index in [2.05, 4.69) is 5.32 Å². The lowest BCUT2D eigenvalue weighted by molar-refractivity contribution is -0.125. The predicted molar refractivity (Wildman–Crippen MR) is 107 cm³/mol. The molecule has 28 heavy (non-hydrogen) atoms. The normalized spacial score (nSPS) is 16.7. The molecule has 0 radical (unpaired) electrons. The lowest BCUT2D eigenvalue weighted by Gasteiger charge is -2.34. The fourth-order valence-corrected chi connectivity index (χ4v) is 3.54. The maximum Gasteiger partial charge on any atom is 0.332 e. The second-order valence-electron chi connectivity index (χ2n) is 7.10. The van der Waals surface area contributed by atoms with Gasteiger partial charge in [-0.1, -0.05) is 12.1 Å². The molecule has 0 bridgehead atoms. The quantitative estimate of drug-likeness (QED) is 0.815. The van der Waals surface area contributed by atoms with E-state index in [1.165, 1.54) is 17.7 Å². The highest BCUT2D eigenvalue weighted by molar-refractivity contribution is 5.79. The van der Waals surface area contributed by atoms with Crippen LogP contribution in [0.4, 0.5) is 5.82 Å². The number of carbonyl (C=O) groups excluding carboxylic acids is 1. The van der Waals surface area contributed by atoms with Crippen LogP contribution in [0.3, 0.4) is 0 Å². The summed E-state index contributed by atoms with van der Waals surface area (Å²) in [6.07, 6.45) is 1.60. The van der Waals surface area contributed by atoms with E-state index in [-0.39, 0.29) is 23.1 Å². The average molecular weight is 386 g/mol. The smallest absolute Gasteiger partial charge is 0.332 e. The first kappa shape index (κ1) is 19.7. The third-order valence-electron chi connectivity index (χ3n) is 5.22. The average Bonchev–Trinajstić information content (AvgIpc) is 2.73. The first-order valence-electron chi connectivity index (χ1n) is 9.33. The summed E-state index contributed by atoms with van der Waals surface area (Å²) >= 11 is 0. The number of amides is 1. The standard InChI is InChI=1S/C20H26N4O4/c1-22-17(11-18(25)23(2)20(22)27)24-9-5-7-15(13-24)19(26)21-12-14-6-4-8-16(10-14)28-3/h4,6,8,10-11,15H,5,7,9,12-13H2,1-3H3,(H,21,26). The van der Waals surface area contributed by atoms with E-state index in [0.717, 1.165) is 28.7 Å². The monoisotopic (exact) mass is 386 g/mol. The predicted octanol–water partition coefficient (Wildman–Crippen LogP) is 0.625. The van der Waals surface area contributed by atoms with Crippen molar-refractivity contribution in [2.45, 2.75) is 19.4 Å². The van der Waals surface area contributed by atoms with Crippen LogP contribution >= 0.6 is 0 Å². The second kappa shape index (κ2) is 8.33. The Morgan fingerprint density at radius 3 is 2.75 bits per heavy atom. The minimum absolute atomic E-state index is 0.0265. The van der Waals surface area contributed by atoms with Crippen molar-refractivity contribution in [2.24, 2.45) is 20.0 Å². The Morgan fingerprint density at radius 2 is 2.00 bits per heavy atom. The number of aromatic nitrogens is 2. The topological polar surface area (TPSA) is 85.6 Å². The van der Waals surface area contributed by atoms with Gasteiger partial charge in [0.25, 0.3) is 5.56 Å². The number of ether oxygens (including phenoxy) is 1. The summed E-state index contributed by atoms with van der Waals surface area (Å²) in [5.74, 6) is 1.08. The number of hydrogen-bond donors (Lipinski definition) is 1. The Balaban J connectivity index is 1.68. The number of nitrogens with one attached hydrogen (secondary N) is 1. The van der Waals surface area contributed by atoms with Crippen molar-refractivity contribution in [3.05, 3.63) is 56.7 Å². The second-order valence-corrected chi connectivity index (χ2v) is 7.10. The summed E-state index contributed by atoms with van der Waals surface area (Å²) in [5.41, 5.74) is 0.254. The Hall–Kier alpha value is -3.03. The third kappa shape index (κ3) is 4.11. The summed E-state index contributed by atoms with van der Waals surface area (Å²) in [4.78, 5) is 38.8. The van der Waals surface area contributed by atoms with Gasteiger partial charge in [-0.05, 0) is 30.5 Å². The van der Waals surface area contributed by atoms with Crippen LogP contribution in [0.15, 0.2) is 39.9 Å². The molecule has 2 aromatic rings. The highest BCUT2D eigenvalue weighted by atomic mass is 16.5. The summed E-state index contributed by atoms with van der Waals surface area (Å²) in [6, 6.07) is 9.03. The molecule has 0 saturated carbocycles. The zero-order chi connectivity index (χ0) is 20.3. The van der Waals surface area contributed by atoms with Crippen LogP contribution in [0.25, 0.3) is 0 Å². The summed E-state index contributed by atoms with van der Waals surface area (Å²) < 4.78 is 7.74. The minimum Gasteiger partial charge on any atom is -0.497 e. The van der Waals surface area contributed by atoms with Gasteiger partial charge in [-0.2, -0.15) is 0 Å². The minimum atomic E-state index is -0.368. The zero-order valence-corrected chi connectivity index (χ0v) is 16.5. The van der Waals surface area contributed by atoms with Crippen LogP contribution in [-0.2, 0) is 25.4 Å². The van der Waals surface area contributed by atoms with Gasteiger partial charge in [0.15, 0.2) is 0 Å². The van der Waals surface area contributed by atoms with E-state index < -0.39 is 0 Å². The maximum atomic E-state index is 12.7. The van der Waals surface area contributed by atoms with E-state index in [9.17, 15) is 14.4 Å². The van der Waals surface area contributed by atoms with Crippen molar-refractivity contribution in [1.82, 2.24) is 14.5 Å². The summed E-state index contributed by atoms with van der Waals surface area (Å²) in [5, 5.41) is 2.98. The SMILES string of the molecule is COc1cccc(CNC(=O)C2CCCN(c3cc(=O)n(C)c(=O)n3C)C2)c1. The third-order valence-corrected chi connectivity index (χ3v) is 5.22. The molecule has 1 aromatic heterocycles. The molecule has 8 heteroatoms. The van der Waals surface area contributed by atoms with Gasteiger partial charge >= 0.3 is 5.69 Å². The molecule has 1 aliphatic rings. The van der Waals surface area contributed by atoms with Crippen LogP contribution in [0.2, 0.25) is 0 Å². The number of hydrogen-bond acceptors (Lipinski definition) is 5. The molecule has 1 aromatic carbocycles. The fourth-order valence-electron chi connectivity index (χ4n) is 3.54. The molecule has 8 nitrogen and oxygen atoms in total. The van der Waals surface area contributed by atoms with E-state index in [1.54, 1.807) is 14.2 Å². The van der Waals surface area contributed by atoms with E-state index >= 15 is 0 Å². The molecule has 0 aliphatic carbocycles. The molecule has 2 heterocycles. The number of anilines is 1. The largest absolute Gasteiger partial charge is 0.497 e. The van der Waals surface area contributed by atoms with Crippen LogP contribution in [0, 0.1) is 5.92 Å². The van der Waals surface area contributed by atoms with Crippen molar-refractivity contribution in [3.63, 3.8) is 0 Å². The van der Waals surface area contributed by atoms with Gasteiger partial charge in [-0.3, -0.25) is 18.7 Å². The van der Waals surface area contributed by atoms with Gasteiger partial charge in [0.1, 0.15) is 11.6 Å². The maximum absolute atomic E-state index is 12.7. The van der Waals surface area contributed by atoms with Gasteiger partial charge < -0.3 is 15.0 Å². The lowest BCUT2D eigenvalue weighted by Crippen LogP contribution is -2.46. The number of nitrogens with zero attached hydrogens (tertiary/aromatic N) is 3. The van der Waals surface area contributed by atoms with Crippen LogP contribution in [0.5, 0.6) is 5.75 Å². The lowest BCUT2D eigenvalue weighted by atomic mass is 9.97. The summed E-state index contributed by atoms with van der Waals surface area (Å²) in [6.45, 7) is 1.61. The van der Waals surface area contributed by atoms with Gasteiger partial charge in [0.2, 0.25) is 5.91 Å². The number of methoxy groups -OCH3 is 1. The van der Waals surface area contributed by atoms with Gasteiger partial charge in [0.05, 0.1) is 13.0 Å². The van der Waals surface area contributed by atoms with Gasteiger partial charge in [0, 0.05) is 39.8 Å². The Morgan fingerprint density at radius 1 is 1.21 bits per heavy atom. The molecule has 1 aliphatic heterocycles. The highest BCUT2D eigenvalue weighted by Crippen LogP contribution is 2.21. The first-order chi connectivity index (χ1) is 13.4. The van der Waals surface area contributed by atoms with Crippen molar-refractivity contribution in [1.29, 1.82) is 0 Å². The Labute approximate surface area is 163 Å². The molecule has 1 saturated heterocycles.